The lowest BCUT2D eigenvalue weighted by Gasteiger charge is -2.36. The zero-order valence-electron chi connectivity index (χ0n) is 15.9. The lowest BCUT2D eigenvalue weighted by atomic mass is 9.73. The second-order valence-electron chi connectivity index (χ2n) is 6.42. The maximum atomic E-state index is 13.4. The Bertz CT molecular complexity index is 799. The minimum Gasteiger partial charge on any atom is -0.495 e. The number of hydrogen-bond acceptors (Lipinski definition) is 5. The van der Waals surface area contributed by atoms with Crippen molar-refractivity contribution in [1.29, 1.82) is 0 Å². The van der Waals surface area contributed by atoms with Crippen molar-refractivity contribution in [1.82, 2.24) is 0 Å². The summed E-state index contributed by atoms with van der Waals surface area (Å²) >= 11 is 0. The van der Waals surface area contributed by atoms with E-state index in [4.69, 9.17) is 18.9 Å². The molecule has 0 aromatic heterocycles. The first kappa shape index (κ1) is 19.0. The van der Waals surface area contributed by atoms with Gasteiger partial charge < -0.3 is 24.3 Å². The summed E-state index contributed by atoms with van der Waals surface area (Å²) in [5, 5.41) is 3.05. The minimum absolute atomic E-state index is 0.0810. The summed E-state index contributed by atoms with van der Waals surface area (Å²) in [6, 6.07) is 13.0. The molecule has 0 radical (unpaired) electrons. The molecule has 1 aliphatic heterocycles. The van der Waals surface area contributed by atoms with Crippen molar-refractivity contribution in [2.24, 2.45) is 0 Å². The molecule has 144 valence electrons. The molecule has 1 amide bonds. The van der Waals surface area contributed by atoms with E-state index < -0.39 is 5.41 Å². The molecule has 1 aliphatic rings. The lowest BCUT2D eigenvalue weighted by Crippen LogP contribution is -2.44. The van der Waals surface area contributed by atoms with Crippen LogP contribution in [0.3, 0.4) is 0 Å². The van der Waals surface area contributed by atoms with E-state index in [1.54, 1.807) is 21.3 Å². The number of para-hydroxylation sites is 2. The molecule has 0 spiro atoms. The molecular weight excluding hydrogens is 346 g/mol. The third-order valence-corrected chi connectivity index (χ3v) is 5.07. The van der Waals surface area contributed by atoms with Crippen LogP contribution < -0.4 is 19.5 Å². The Balaban J connectivity index is 1.99. The topological polar surface area (TPSA) is 66.0 Å². The maximum absolute atomic E-state index is 13.4. The van der Waals surface area contributed by atoms with E-state index in [0.717, 1.165) is 5.56 Å². The van der Waals surface area contributed by atoms with E-state index >= 15 is 0 Å². The predicted octanol–water partition coefficient (Wildman–Crippen LogP) is 3.40. The number of amides is 1. The van der Waals surface area contributed by atoms with Crippen LogP contribution in [0.25, 0.3) is 0 Å². The SMILES string of the molecule is COc1ccccc1NC(=O)C1(c2ccc(OC)c(OC)c2)CCOCC1. The van der Waals surface area contributed by atoms with Gasteiger partial charge in [0.25, 0.3) is 0 Å². The predicted molar refractivity (Wildman–Crippen MR) is 103 cm³/mol. The molecule has 6 nitrogen and oxygen atoms in total. The fraction of sp³-hybridized carbons (Fsp3) is 0.381. The molecule has 2 aromatic carbocycles. The van der Waals surface area contributed by atoms with Crippen LogP contribution in [0, 0.1) is 0 Å². The number of carbonyl (C=O) groups is 1. The number of anilines is 1. The number of methoxy groups -OCH3 is 3. The third-order valence-electron chi connectivity index (χ3n) is 5.07. The highest BCUT2D eigenvalue weighted by Gasteiger charge is 2.42. The fourth-order valence-corrected chi connectivity index (χ4v) is 3.49. The highest BCUT2D eigenvalue weighted by molar-refractivity contribution is 6.00. The average Bonchev–Trinajstić information content (AvgIpc) is 2.74. The minimum atomic E-state index is -0.710. The van der Waals surface area contributed by atoms with Gasteiger partial charge in [-0.2, -0.15) is 0 Å². The number of nitrogens with one attached hydrogen (secondary N) is 1. The molecule has 0 unspecified atom stereocenters. The van der Waals surface area contributed by atoms with Crippen molar-refractivity contribution in [3.63, 3.8) is 0 Å². The number of hydrogen-bond donors (Lipinski definition) is 1. The number of ether oxygens (including phenoxy) is 4. The van der Waals surface area contributed by atoms with Gasteiger partial charge in [0.15, 0.2) is 11.5 Å². The Hall–Kier alpha value is -2.73. The summed E-state index contributed by atoms with van der Waals surface area (Å²) in [5.41, 5.74) is 0.825. The first-order chi connectivity index (χ1) is 13.1. The Morgan fingerprint density at radius 1 is 0.926 bits per heavy atom. The lowest BCUT2D eigenvalue weighted by molar-refractivity contribution is -0.125. The van der Waals surface area contributed by atoms with Crippen LogP contribution in [0.5, 0.6) is 17.2 Å². The highest BCUT2D eigenvalue weighted by atomic mass is 16.5. The summed E-state index contributed by atoms with van der Waals surface area (Å²) in [6.45, 7) is 1.04. The molecule has 1 N–H and O–H groups in total. The van der Waals surface area contributed by atoms with Crippen LogP contribution in [0.2, 0.25) is 0 Å². The Kier molecular flexibility index (Phi) is 5.86. The number of benzene rings is 2. The smallest absolute Gasteiger partial charge is 0.235 e. The van der Waals surface area contributed by atoms with Crippen molar-refractivity contribution in [2.75, 3.05) is 39.9 Å². The molecule has 1 fully saturated rings. The zero-order valence-corrected chi connectivity index (χ0v) is 15.9. The van der Waals surface area contributed by atoms with Crippen molar-refractivity contribution < 1.29 is 23.7 Å². The molecule has 0 saturated carbocycles. The largest absolute Gasteiger partial charge is 0.495 e. The third kappa shape index (κ3) is 3.71. The molecule has 3 rings (SSSR count). The van der Waals surface area contributed by atoms with Gasteiger partial charge in [-0.25, -0.2) is 0 Å². The van der Waals surface area contributed by atoms with Crippen LogP contribution in [0.1, 0.15) is 18.4 Å². The molecular formula is C21H25NO5. The Morgan fingerprint density at radius 2 is 1.59 bits per heavy atom. The standard InChI is InChI=1S/C21H25NO5/c1-24-17-7-5-4-6-16(17)22-20(23)21(10-12-27-13-11-21)15-8-9-18(25-2)19(14-15)26-3/h4-9,14H,10-13H2,1-3H3,(H,22,23). The Morgan fingerprint density at radius 3 is 2.26 bits per heavy atom. The van der Waals surface area contributed by atoms with Gasteiger partial charge in [0.1, 0.15) is 5.75 Å². The molecule has 0 aliphatic carbocycles. The maximum Gasteiger partial charge on any atom is 0.235 e. The van der Waals surface area contributed by atoms with Crippen LogP contribution in [-0.2, 0) is 14.9 Å². The fourth-order valence-electron chi connectivity index (χ4n) is 3.49. The van der Waals surface area contributed by atoms with Gasteiger partial charge in [-0.15, -0.1) is 0 Å². The Labute approximate surface area is 159 Å². The molecule has 6 heteroatoms. The van der Waals surface area contributed by atoms with Crippen molar-refractivity contribution in [2.45, 2.75) is 18.3 Å². The van der Waals surface area contributed by atoms with Crippen LogP contribution >= 0.6 is 0 Å². The van der Waals surface area contributed by atoms with Crippen molar-refractivity contribution in [3.05, 3.63) is 48.0 Å². The number of rotatable bonds is 6. The molecule has 1 saturated heterocycles. The first-order valence-electron chi connectivity index (χ1n) is 8.89. The van der Waals surface area contributed by atoms with Gasteiger partial charge in [0, 0.05) is 13.2 Å². The van der Waals surface area contributed by atoms with Crippen LogP contribution in [-0.4, -0.2) is 40.5 Å². The van der Waals surface area contributed by atoms with E-state index in [9.17, 15) is 4.79 Å². The average molecular weight is 371 g/mol. The van der Waals surface area contributed by atoms with E-state index in [-0.39, 0.29) is 5.91 Å². The number of carbonyl (C=O) groups excluding carboxylic acids is 1. The van der Waals surface area contributed by atoms with Crippen LogP contribution in [0.4, 0.5) is 5.69 Å². The van der Waals surface area contributed by atoms with Crippen molar-refractivity contribution in [3.8, 4) is 17.2 Å². The molecule has 2 aromatic rings. The van der Waals surface area contributed by atoms with Crippen LogP contribution in [0.15, 0.2) is 42.5 Å². The molecule has 1 heterocycles. The monoisotopic (exact) mass is 371 g/mol. The quantitative estimate of drug-likeness (QED) is 0.843. The van der Waals surface area contributed by atoms with Gasteiger partial charge >= 0.3 is 0 Å². The van der Waals surface area contributed by atoms with Gasteiger partial charge in [-0.3, -0.25) is 4.79 Å². The second kappa shape index (κ2) is 8.31. The molecule has 0 atom stereocenters. The first-order valence-corrected chi connectivity index (χ1v) is 8.89. The van der Waals surface area contributed by atoms with Gasteiger partial charge in [0.05, 0.1) is 32.4 Å². The summed E-state index contributed by atoms with van der Waals surface area (Å²) in [5.74, 6) is 1.78. The van der Waals surface area contributed by atoms with E-state index in [2.05, 4.69) is 5.32 Å². The molecule has 27 heavy (non-hydrogen) atoms. The zero-order chi connectivity index (χ0) is 19.3. The van der Waals surface area contributed by atoms with Gasteiger partial charge in [-0.1, -0.05) is 18.2 Å². The van der Waals surface area contributed by atoms with E-state index in [0.29, 0.717) is 49.0 Å². The summed E-state index contributed by atoms with van der Waals surface area (Å²) < 4.78 is 21.7. The van der Waals surface area contributed by atoms with Gasteiger partial charge in [0.2, 0.25) is 5.91 Å². The summed E-state index contributed by atoms with van der Waals surface area (Å²) in [6.07, 6.45) is 1.17. The summed E-state index contributed by atoms with van der Waals surface area (Å²) in [4.78, 5) is 13.4. The van der Waals surface area contributed by atoms with E-state index in [1.807, 2.05) is 42.5 Å². The molecule has 0 bridgehead atoms. The second-order valence-corrected chi connectivity index (χ2v) is 6.42. The summed E-state index contributed by atoms with van der Waals surface area (Å²) in [7, 11) is 4.77. The normalized spacial score (nSPS) is 15.7. The van der Waals surface area contributed by atoms with Gasteiger partial charge in [-0.05, 0) is 42.7 Å². The van der Waals surface area contributed by atoms with Crippen molar-refractivity contribution >= 4 is 11.6 Å². The van der Waals surface area contributed by atoms with E-state index in [1.165, 1.54) is 0 Å². The highest BCUT2D eigenvalue weighted by Crippen LogP contribution is 2.40.